The maximum absolute atomic E-state index is 12.0. The summed E-state index contributed by atoms with van der Waals surface area (Å²) in [6, 6.07) is 6.26. The molecular formula is C12H21N3O4S2. The van der Waals surface area contributed by atoms with Gasteiger partial charge < -0.3 is 5.32 Å². The van der Waals surface area contributed by atoms with E-state index in [-0.39, 0.29) is 23.7 Å². The van der Waals surface area contributed by atoms with Crippen molar-refractivity contribution < 1.29 is 16.8 Å². The van der Waals surface area contributed by atoms with Crippen molar-refractivity contribution in [2.45, 2.75) is 18.7 Å². The van der Waals surface area contributed by atoms with Crippen molar-refractivity contribution in [3.63, 3.8) is 0 Å². The lowest BCUT2D eigenvalue weighted by Gasteiger charge is -2.09. The number of anilines is 1. The Hall–Kier alpha value is -1.16. The van der Waals surface area contributed by atoms with Gasteiger partial charge in [-0.15, -0.1) is 0 Å². The molecule has 0 aliphatic carbocycles. The lowest BCUT2D eigenvalue weighted by atomic mass is 10.3. The predicted molar refractivity (Wildman–Crippen MR) is 83.3 cm³/mol. The van der Waals surface area contributed by atoms with E-state index >= 15 is 0 Å². The smallest absolute Gasteiger partial charge is 0.240 e. The van der Waals surface area contributed by atoms with Gasteiger partial charge in [0.05, 0.1) is 10.6 Å². The third kappa shape index (κ3) is 6.00. The molecule has 0 saturated heterocycles. The minimum absolute atomic E-state index is 0.102. The highest BCUT2D eigenvalue weighted by Crippen LogP contribution is 2.13. The van der Waals surface area contributed by atoms with Crippen LogP contribution in [0.4, 0.5) is 5.69 Å². The van der Waals surface area contributed by atoms with Crippen LogP contribution >= 0.6 is 0 Å². The minimum atomic E-state index is -3.70. The van der Waals surface area contributed by atoms with E-state index in [0.717, 1.165) is 12.2 Å². The summed E-state index contributed by atoms with van der Waals surface area (Å²) in [6.45, 7) is 4.45. The highest BCUT2D eigenvalue weighted by molar-refractivity contribution is 7.90. The number of hydrogen-bond acceptors (Lipinski definition) is 5. The van der Waals surface area contributed by atoms with Crippen LogP contribution in [0.5, 0.6) is 0 Å². The van der Waals surface area contributed by atoms with Gasteiger partial charge in [0.25, 0.3) is 0 Å². The summed E-state index contributed by atoms with van der Waals surface area (Å²) in [4.78, 5) is 0.102. The molecule has 0 aromatic heterocycles. The largest absolute Gasteiger partial charge is 0.385 e. The van der Waals surface area contributed by atoms with Gasteiger partial charge in [-0.05, 0) is 31.2 Å². The molecule has 7 nitrogen and oxygen atoms in total. The van der Waals surface area contributed by atoms with Crippen LogP contribution < -0.4 is 14.8 Å². The summed E-state index contributed by atoms with van der Waals surface area (Å²) in [6.07, 6.45) is 0. The molecule has 1 aromatic rings. The van der Waals surface area contributed by atoms with Gasteiger partial charge in [-0.25, -0.2) is 26.3 Å². The summed E-state index contributed by atoms with van der Waals surface area (Å²) in [7, 11) is -7.14. The van der Waals surface area contributed by atoms with Crippen molar-refractivity contribution in [1.29, 1.82) is 0 Å². The van der Waals surface area contributed by atoms with Gasteiger partial charge in [-0.3, -0.25) is 0 Å². The molecule has 0 aliphatic rings. The lowest BCUT2D eigenvalue weighted by Crippen LogP contribution is -2.34. The first kappa shape index (κ1) is 17.9. The fraction of sp³-hybridized carbons (Fsp3) is 0.500. The van der Waals surface area contributed by atoms with E-state index in [1.165, 1.54) is 12.1 Å². The maximum atomic E-state index is 12.0. The number of nitrogens with one attached hydrogen (secondary N) is 3. The highest BCUT2D eigenvalue weighted by Gasteiger charge is 2.15. The average molecular weight is 335 g/mol. The fourth-order valence-corrected chi connectivity index (χ4v) is 3.76. The summed E-state index contributed by atoms with van der Waals surface area (Å²) >= 11 is 0. The summed E-state index contributed by atoms with van der Waals surface area (Å²) in [5.74, 6) is -0.296. The monoisotopic (exact) mass is 335 g/mol. The fourth-order valence-electron chi connectivity index (χ4n) is 1.64. The molecular weight excluding hydrogens is 314 g/mol. The molecule has 0 atom stereocenters. The number of hydrogen-bond donors (Lipinski definition) is 3. The van der Waals surface area contributed by atoms with E-state index in [4.69, 9.17) is 0 Å². The standard InChI is InChI=1S/C12H21N3O4S2/c1-3-13-11-5-7-12(8-6-11)21(18,19)15-9-10-20(16,17)14-4-2/h5-8,13-15H,3-4,9-10H2,1-2H3. The molecule has 1 aromatic carbocycles. The van der Waals surface area contributed by atoms with E-state index in [1.54, 1.807) is 19.1 Å². The molecule has 0 aliphatic heterocycles. The second-order valence-corrected chi connectivity index (χ2v) is 7.96. The zero-order valence-corrected chi connectivity index (χ0v) is 13.7. The Labute approximate surface area is 126 Å². The molecule has 0 amide bonds. The number of benzene rings is 1. The van der Waals surface area contributed by atoms with Crippen LogP contribution in [0, 0.1) is 0 Å². The van der Waals surface area contributed by atoms with Gasteiger partial charge in [-0.2, -0.15) is 0 Å². The van der Waals surface area contributed by atoms with Crippen molar-refractivity contribution in [3.05, 3.63) is 24.3 Å². The second-order valence-electron chi connectivity index (χ2n) is 4.27. The minimum Gasteiger partial charge on any atom is -0.385 e. The first-order chi connectivity index (χ1) is 9.80. The Morgan fingerprint density at radius 2 is 1.52 bits per heavy atom. The molecule has 0 heterocycles. The first-order valence-corrected chi connectivity index (χ1v) is 9.75. The number of rotatable bonds is 9. The molecule has 120 valence electrons. The summed E-state index contributed by atoms with van der Waals surface area (Å²) < 4.78 is 51.4. The molecule has 3 N–H and O–H groups in total. The Kier molecular flexibility index (Phi) is 6.59. The average Bonchev–Trinajstić information content (AvgIpc) is 2.39. The maximum Gasteiger partial charge on any atom is 0.240 e. The van der Waals surface area contributed by atoms with Crippen molar-refractivity contribution in [2.24, 2.45) is 0 Å². The van der Waals surface area contributed by atoms with Crippen LogP contribution in [0.1, 0.15) is 13.8 Å². The van der Waals surface area contributed by atoms with E-state index in [0.29, 0.717) is 0 Å². The molecule has 0 bridgehead atoms. The third-order valence-electron chi connectivity index (χ3n) is 2.57. The molecule has 1 rings (SSSR count). The van der Waals surface area contributed by atoms with Crippen molar-refractivity contribution >= 4 is 25.7 Å². The van der Waals surface area contributed by atoms with Crippen molar-refractivity contribution in [3.8, 4) is 0 Å². The van der Waals surface area contributed by atoms with Crippen LogP contribution in [-0.4, -0.2) is 42.2 Å². The van der Waals surface area contributed by atoms with Gasteiger partial charge in [0.2, 0.25) is 20.0 Å². The van der Waals surface area contributed by atoms with Crippen LogP contribution in [0.15, 0.2) is 29.2 Å². The quantitative estimate of drug-likeness (QED) is 0.603. The summed E-state index contributed by atoms with van der Waals surface area (Å²) in [5, 5.41) is 3.06. The topological polar surface area (TPSA) is 104 Å². The van der Waals surface area contributed by atoms with Crippen molar-refractivity contribution in [1.82, 2.24) is 9.44 Å². The van der Waals surface area contributed by atoms with E-state index < -0.39 is 20.0 Å². The molecule has 0 saturated carbocycles. The summed E-state index contributed by atoms with van der Waals surface area (Å²) in [5.41, 5.74) is 0.825. The Morgan fingerprint density at radius 1 is 0.905 bits per heavy atom. The van der Waals surface area contributed by atoms with E-state index in [1.807, 2.05) is 6.92 Å². The molecule has 0 unspecified atom stereocenters. The first-order valence-electron chi connectivity index (χ1n) is 6.61. The highest BCUT2D eigenvalue weighted by atomic mass is 32.2. The second kappa shape index (κ2) is 7.74. The SMILES string of the molecule is CCNc1ccc(S(=O)(=O)NCCS(=O)(=O)NCC)cc1. The van der Waals surface area contributed by atoms with E-state index in [2.05, 4.69) is 14.8 Å². The molecule has 0 radical (unpaired) electrons. The van der Waals surface area contributed by atoms with Crippen LogP contribution in [0.3, 0.4) is 0 Å². The Morgan fingerprint density at radius 3 is 2.05 bits per heavy atom. The van der Waals surface area contributed by atoms with Gasteiger partial charge in [0, 0.05) is 25.3 Å². The molecule has 9 heteroatoms. The third-order valence-corrected chi connectivity index (χ3v) is 5.52. The Bertz CT molecular complexity index is 640. The molecule has 0 spiro atoms. The number of sulfonamides is 2. The van der Waals surface area contributed by atoms with Crippen LogP contribution in [-0.2, 0) is 20.0 Å². The zero-order valence-electron chi connectivity index (χ0n) is 12.1. The normalized spacial score (nSPS) is 12.3. The Balaban J connectivity index is 2.65. The van der Waals surface area contributed by atoms with Gasteiger partial charge >= 0.3 is 0 Å². The lowest BCUT2D eigenvalue weighted by molar-refractivity contribution is 0.576. The molecule has 0 fully saturated rings. The van der Waals surface area contributed by atoms with Crippen LogP contribution in [0.25, 0.3) is 0 Å². The van der Waals surface area contributed by atoms with E-state index in [9.17, 15) is 16.8 Å². The predicted octanol–water partition coefficient (Wildman–Crippen LogP) is 0.336. The molecule has 21 heavy (non-hydrogen) atoms. The van der Waals surface area contributed by atoms with Gasteiger partial charge in [-0.1, -0.05) is 6.92 Å². The van der Waals surface area contributed by atoms with Gasteiger partial charge in [0.15, 0.2) is 0 Å². The zero-order chi connectivity index (χ0) is 15.9. The van der Waals surface area contributed by atoms with Crippen molar-refractivity contribution in [2.75, 3.05) is 30.7 Å². The van der Waals surface area contributed by atoms with Gasteiger partial charge in [0.1, 0.15) is 0 Å². The van der Waals surface area contributed by atoms with Crippen LogP contribution in [0.2, 0.25) is 0 Å².